The smallest absolute Gasteiger partial charge is 0.354 e. The maximum atomic E-state index is 13.4. The van der Waals surface area contributed by atoms with Gasteiger partial charge in [0, 0.05) is 44.5 Å². The third-order valence-corrected chi connectivity index (χ3v) is 8.43. The van der Waals surface area contributed by atoms with Crippen molar-refractivity contribution in [2.24, 2.45) is 0 Å². The van der Waals surface area contributed by atoms with Crippen molar-refractivity contribution in [3.63, 3.8) is 0 Å². The molecule has 4 aromatic rings. The van der Waals surface area contributed by atoms with Crippen molar-refractivity contribution < 1.29 is 18.0 Å². The lowest BCUT2D eigenvalue weighted by Crippen LogP contribution is -2.46. The molecule has 198 valence electrons. The molecule has 1 aliphatic rings. The number of nitrogens with zero attached hydrogens (tertiary/aromatic N) is 5. The van der Waals surface area contributed by atoms with Crippen LogP contribution in [0.2, 0.25) is 0 Å². The number of piperidine rings is 1. The zero-order valence-corrected chi connectivity index (χ0v) is 22.2. The quantitative estimate of drug-likeness (QED) is 0.338. The minimum Gasteiger partial charge on any atom is -0.354 e. The van der Waals surface area contributed by atoms with Gasteiger partial charge in [0.15, 0.2) is 5.65 Å². The van der Waals surface area contributed by atoms with Crippen LogP contribution in [0.3, 0.4) is 0 Å². The molecule has 0 saturated carbocycles. The molecule has 0 bridgehead atoms. The number of carbonyl (C=O) groups excluding carboxylic acids is 1. The summed E-state index contributed by atoms with van der Waals surface area (Å²) < 4.78 is 40.5. The topological polar surface area (TPSA) is 69.5 Å². The Morgan fingerprint density at radius 1 is 1.27 bits per heavy atom. The summed E-state index contributed by atoms with van der Waals surface area (Å²) in [7, 11) is 1.80. The first-order chi connectivity index (χ1) is 17.5. The molecule has 0 atom stereocenters. The Kier molecular flexibility index (Phi) is 6.78. The number of hydrogen-bond acceptors (Lipinski definition) is 5. The number of aryl methyl sites for hydroxylation is 1. The van der Waals surface area contributed by atoms with Crippen molar-refractivity contribution in [1.29, 1.82) is 0 Å². The maximum absolute atomic E-state index is 13.4. The fourth-order valence-electron chi connectivity index (χ4n) is 5.27. The lowest BCUT2D eigenvalue weighted by atomic mass is 9.99. The van der Waals surface area contributed by atoms with Gasteiger partial charge in [0.05, 0.1) is 27.2 Å². The van der Waals surface area contributed by atoms with Crippen LogP contribution >= 0.6 is 11.3 Å². The van der Waals surface area contributed by atoms with Gasteiger partial charge in [-0.3, -0.25) is 4.79 Å². The van der Waals surface area contributed by atoms with Crippen LogP contribution in [-0.2, 0) is 0 Å². The summed E-state index contributed by atoms with van der Waals surface area (Å²) in [6, 6.07) is 4.05. The van der Waals surface area contributed by atoms with E-state index >= 15 is 0 Å². The van der Waals surface area contributed by atoms with E-state index in [1.807, 2.05) is 24.1 Å². The van der Waals surface area contributed by atoms with Crippen molar-refractivity contribution in [2.45, 2.75) is 58.2 Å². The molecule has 7 nitrogen and oxygen atoms in total. The second-order valence-electron chi connectivity index (χ2n) is 10.2. The third kappa shape index (κ3) is 5.11. The summed E-state index contributed by atoms with van der Waals surface area (Å²) in [6.07, 6.45) is -0.0623. The number of H-pyrrole nitrogens is 1. The number of likely N-dealkylation sites (tertiary alicyclic amines) is 1. The Hall–Kier alpha value is -2.92. The number of carbonyl (C=O) groups is 1. The van der Waals surface area contributed by atoms with E-state index in [1.165, 1.54) is 16.9 Å². The van der Waals surface area contributed by atoms with Crippen LogP contribution in [-0.4, -0.2) is 74.2 Å². The molecule has 0 aromatic carbocycles. The lowest BCUT2D eigenvalue weighted by molar-refractivity contribution is -0.138. The number of alkyl halides is 3. The van der Waals surface area contributed by atoms with Gasteiger partial charge in [0.2, 0.25) is 0 Å². The number of aromatic nitrogens is 4. The monoisotopic (exact) mass is 532 g/mol. The molecule has 1 N–H and O–H groups in total. The number of halogens is 3. The molecule has 0 aliphatic carbocycles. The van der Waals surface area contributed by atoms with Gasteiger partial charge < -0.3 is 14.8 Å². The van der Waals surface area contributed by atoms with Gasteiger partial charge >= 0.3 is 6.18 Å². The largest absolute Gasteiger partial charge is 0.390 e. The first-order valence-corrected chi connectivity index (χ1v) is 13.4. The average molecular weight is 533 g/mol. The van der Waals surface area contributed by atoms with Crippen LogP contribution in [0, 0.1) is 6.92 Å². The van der Waals surface area contributed by atoms with Crippen molar-refractivity contribution in [3.05, 3.63) is 40.7 Å². The molecule has 1 saturated heterocycles. The highest BCUT2D eigenvalue weighted by Crippen LogP contribution is 2.40. The van der Waals surface area contributed by atoms with Gasteiger partial charge in [0.1, 0.15) is 6.33 Å². The number of amides is 1. The van der Waals surface area contributed by atoms with Gasteiger partial charge in [-0.15, -0.1) is 11.3 Å². The zero-order valence-electron chi connectivity index (χ0n) is 21.4. The molecule has 1 aliphatic heterocycles. The third-order valence-electron chi connectivity index (χ3n) is 7.28. The zero-order chi connectivity index (χ0) is 26.5. The molecular weight excluding hydrogens is 501 g/mol. The first-order valence-electron chi connectivity index (χ1n) is 12.5. The number of pyridine rings is 1. The number of hydrogen-bond donors (Lipinski definition) is 1. The fraction of sp³-hybridized carbons (Fsp3) is 0.500. The fourth-order valence-corrected chi connectivity index (χ4v) is 6.56. The Morgan fingerprint density at radius 3 is 2.68 bits per heavy atom. The first kappa shape index (κ1) is 25.7. The van der Waals surface area contributed by atoms with Gasteiger partial charge in [-0.2, -0.15) is 18.3 Å². The summed E-state index contributed by atoms with van der Waals surface area (Å²) >= 11 is 1.50. The van der Waals surface area contributed by atoms with E-state index in [-0.39, 0.29) is 24.4 Å². The molecule has 5 rings (SSSR count). The van der Waals surface area contributed by atoms with Crippen LogP contribution in [0.15, 0.2) is 24.7 Å². The molecule has 0 spiro atoms. The number of aromatic amines is 1. The second-order valence-corrected chi connectivity index (χ2v) is 11.3. The van der Waals surface area contributed by atoms with Crippen LogP contribution in [0.4, 0.5) is 13.2 Å². The van der Waals surface area contributed by atoms with Gasteiger partial charge in [-0.1, -0.05) is 13.8 Å². The molecule has 0 radical (unpaired) electrons. The number of thiophene rings is 1. The van der Waals surface area contributed by atoms with E-state index in [2.05, 4.69) is 35.0 Å². The average Bonchev–Trinajstić information content (AvgIpc) is 3.56. The molecule has 1 amide bonds. The Balaban J connectivity index is 1.35. The van der Waals surface area contributed by atoms with Crippen molar-refractivity contribution in [3.8, 4) is 11.3 Å². The van der Waals surface area contributed by atoms with Crippen LogP contribution in [0.25, 0.3) is 27.1 Å². The second kappa shape index (κ2) is 9.75. The van der Waals surface area contributed by atoms with Gasteiger partial charge in [-0.25, -0.2) is 9.50 Å². The summed E-state index contributed by atoms with van der Waals surface area (Å²) in [6.45, 7) is 7.47. The molecule has 1 fully saturated rings. The minimum absolute atomic E-state index is 0.0209. The molecule has 0 unspecified atom stereocenters. The standard InChI is InChI=1S/C26H31F3N6OS/c1-15(2)21-22(17-11-16(3)24-30-14-31-35(24)13-17)32-19-12-20(37-23(19)21)25(36)33(4)18-5-8-34(9-6-18)10-7-26(27,28)29/h11-15,18,32H,5-10H2,1-4H3. The minimum atomic E-state index is -4.14. The highest BCUT2D eigenvalue weighted by Gasteiger charge is 2.31. The molecule has 37 heavy (non-hydrogen) atoms. The maximum Gasteiger partial charge on any atom is 0.390 e. The normalized spacial score (nSPS) is 15.9. The van der Waals surface area contributed by atoms with E-state index in [0.717, 1.165) is 32.7 Å². The summed E-state index contributed by atoms with van der Waals surface area (Å²) in [5.41, 5.74) is 5.99. The molecule has 11 heteroatoms. The van der Waals surface area contributed by atoms with Crippen molar-refractivity contribution in [1.82, 2.24) is 29.4 Å². The Labute approximate surface area is 217 Å². The predicted molar refractivity (Wildman–Crippen MR) is 139 cm³/mol. The highest BCUT2D eigenvalue weighted by molar-refractivity contribution is 7.21. The van der Waals surface area contributed by atoms with E-state index in [4.69, 9.17) is 0 Å². The predicted octanol–water partition coefficient (Wildman–Crippen LogP) is 5.86. The molecule has 4 aromatic heterocycles. The van der Waals surface area contributed by atoms with E-state index in [1.54, 1.807) is 22.8 Å². The summed E-state index contributed by atoms with van der Waals surface area (Å²) in [4.78, 5) is 25.5. The number of fused-ring (bicyclic) bond motifs is 2. The summed E-state index contributed by atoms with van der Waals surface area (Å²) in [5, 5.41) is 4.30. The van der Waals surface area contributed by atoms with Crippen molar-refractivity contribution >= 4 is 33.1 Å². The van der Waals surface area contributed by atoms with Crippen LogP contribution < -0.4 is 0 Å². The van der Waals surface area contributed by atoms with Crippen molar-refractivity contribution in [2.75, 3.05) is 26.7 Å². The molecular formula is C26H31F3N6OS. The highest BCUT2D eigenvalue weighted by atomic mass is 32.1. The van der Waals surface area contributed by atoms with E-state index in [0.29, 0.717) is 30.8 Å². The van der Waals surface area contributed by atoms with Gasteiger partial charge in [0.25, 0.3) is 5.91 Å². The Morgan fingerprint density at radius 2 is 2.00 bits per heavy atom. The van der Waals surface area contributed by atoms with E-state index in [9.17, 15) is 18.0 Å². The number of rotatable bonds is 6. The Bertz CT molecular complexity index is 1430. The van der Waals surface area contributed by atoms with Crippen LogP contribution in [0.5, 0.6) is 0 Å². The number of nitrogens with one attached hydrogen (secondary N) is 1. The summed E-state index contributed by atoms with van der Waals surface area (Å²) in [5.74, 6) is 0.190. The molecule has 5 heterocycles. The van der Waals surface area contributed by atoms with Crippen LogP contribution in [0.1, 0.15) is 59.8 Å². The van der Waals surface area contributed by atoms with Gasteiger partial charge in [-0.05, 0) is 48.9 Å². The SMILES string of the molecule is Cc1cc(-c2[nH]c3cc(C(=O)N(C)C4CCN(CCC(F)(F)F)CC4)sc3c2C(C)C)cn2ncnc12. The lowest BCUT2D eigenvalue weighted by Gasteiger charge is -2.36. The van der Waals surface area contributed by atoms with E-state index < -0.39 is 12.6 Å².